The van der Waals surface area contributed by atoms with Gasteiger partial charge in [-0.3, -0.25) is 0 Å². The molecule has 0 aromatic carbocycles. The van der Waals surface area contributed by atoms with E-state index in [0.29, 0.717) is 12.3 Å². The third-order valence-electron chi connectivity index (χ3n) is 3.17. The molecular formula is C12H24N4OS. The molecular weight excluding hydrogens is 248 g/mol. The van der Waals surface area contributed by atoms with Crippen LogP contribution >= 0.6 is 11.8 Å². The quantitative estimate of drug-likeness (QED) is 0.772. The summed E-state index contributed by atoms with van der Waals surface area (Å²) in [7, 11) is 0. The molecule has 3 N–H and O–H groups in total. The van der Waals surface area contributed by atoms with Gasteiger partial charge in [-0.15, -0.1) is 10.2 Å². The number of nitrogens with zero attached hydrogens (tertiary/aromatic N) is 3. The van der Waals surface area contributed by atoms with Crippen LogP contribution in [-0.2, 0) is 6.54 Å². The molecule has 104 valence electrons. The van der Waals surface area contributed by atoms with E-state index in [1.165, 1.54) is 11.8 Å². The molecule has 0 amide bonds. The lowest BCUT2D eigenvalue weighted by Crippen LogP contribution is -2.34. The van der Waals surface area contributed by atoms with Crippen LogP contribution in [0.25, 0.3) is 0 Å². The van der Waals surface area contributed by atoms with Crippen LogP contribution in [0.3, 0.4) is 0 Å². The van der Waals surface area contributed by atoms with Gasteiger partial charge < -0.3 is 15.4 Å². The van der Waals surface area contributed by atoms with Gasteiger partial charge in [-0.05, 0) is 26.7 Å². The zero-order valence-corrected chi connectivity index (χ0v) is 12.7. The van der Waals surface area contributed by atoms with Crippen LogP contribution in [0.4, 0.5) is 0 Å². The van der Waals surface area contributed by atoms with E-state index in [0.717, 1.165) is 11.0 Å². The second-order valence-electron chi connectivity index (χ2n) is 5.37. The summed E-state index contributed by atoms with van der Waals surface area (Å²) in [6, 6.07) is 0.269. The number of aromatic nitrogens is 3. The number of thioether (sulfide) groups is 1. The minimum absolute atomic E-state index is 0.203. The second-order valence-corrected chi connectivity index (χ2v) is 6.31. The van der Waals surface area contributed by atoms with Crippen molar-refractivity contribution in [2.24, 2.45) is 11.7 Å². The first-order valence-corrected chi connectivity index (χ1v) is 7.27. The molecule has 0 saturated heterocycles. The molecule has 0 aliphatic carbocycles. The van der Waals surface area contributed by atoms with Crippen LogP contribution < -0.4 is 5.73 Å². The summed E-state index contributed by atoms with van der Waals surface area (Å²) in [5, 5.41) is 19.3. The normalized spacial score (nSPS) is 15.4. The largest absolute Gasteiger partial charge is 0.389 e. The minimum Gasteiger partial charge on any atom is -0.389 e. The van der Waals surface area contributed by atoms with Crippen molar-refractivity contribution >= 4 is 11.8 Å². The van der Waals surface area contributed by atoms with Crippen molar-refractivity contribution in [2.45, 2.75) is 58.0 Å². The molecule has 5 nitrogen and oxygen atoms in total. The van der Waals surface area contributed by atoms with E-state index in [9.17, 15) is 5.11 Å². The van der Waals surface area contributed by atoms with Gasteiger partial charge in [-0.25, -0.2) is 0 Å². The van der Waals surface area contributed by atoms with Crippen LogP contribution in [0, 0.1) is 5.92 Å². The van der Waals surface area contributed by atoms with Crippen molar-refractivity contribution in [3.8, 4) is 0 Å². The van der Waals surface area contributed by atoms with Gasteiger partial charge in [0.05, 0.1) is 12.1 Å². The highest BCUT2D eigenvalue weighted by Crippen LogP contribution is 2.28. The van der Waals surface area contributed by atoms with Crippen LogP contribution in [-0.4, -0.2) is 31.2 Å². The first-order valence-electron chi connectivity index (χ1n) is 6.28. The summed E-state index contributed by atoms with van der Waals surface area (Å²) in [5.74, 6) is 1.59. The molecule has 0 bridgehead atoms. The van der Waals surface area contributed by atoms with E-state index >= 15 is 0 Å². The van der Waals surface area contributed by atoms with Crippen LogP contribution in [0.1, 0.15) is 46.5 Å². The number of rotatable bonds is 6. The molecule has 1 heterocycles. The van der Waals surface area contributed by atoms with Crippen molar-refractivity contribution in [2.75, 3.05) is 5.75 Å². The number of nitrogens with two attached hydrogens (primary N) is 1. The van der Waals surface area contributed by atoms with Gasteiger partial charge in [-0.1, -0.05) is 25.6 Å². The van der Waals surface area contributed by atoms with E-state index in [1.54, 1.807) is 0 Å². The van der Waals surface area contributed by atoms with Crippen LogP contribution in [0.15, 0.2) is 5.16 Å². The highest BCUT2D eigenvalue weighted by Gasteiger charge is 2.26. The third-order valence-corrected chi connectivity index (χ3v) is 4.44. The Morgan fingerprint density at radius 2 is 1.94 bits per heavy atom. The van der Waals surface area contributed by atoms with Crippen molar-refractivity contribution in [3.05, 3.63) is 5.82 Å². The fourth-order valence-corrected chi connectivity index (χ4v) is 2.75. The van der Waals surface area contributed by atoms with Gasteiger partial charge in [-0.2, -0.15) is 0 Å². The lowest BCUT2D eigenvalue weighted by molar-refractivity contribution is 0.0375. The Labute approximate surface area is 113 Å². The minimum atomic E-state index is -0.707. The Hall–Kier alpha value is -0.590. The van der Waals surface area contributed by atoms with Gasteiger partial charge >= 0.3 is 0 Å². The van der Waals surface area contributed by atoms with E-state index in [-0.39, 0.29) is 12.0 Å². The maximum Gasteiger partial charge on any atom is 0.191 e. The lowest BCUT2D eigenvalue weighted by atomic mass is 9.95. The van der Waals surface area contributed by atoms with Crippen LogP contribution in [0.2, 0.25) is 0 Å². The average molecular weight is 272 g/mol. The third kappa shape index (κ3) is 3.46. The summed E-state index contributed by atoms with van der Waals surface area (Å²) in [5.41, 5.74) is 4.94. The molecule has 1 aromatic rings. The van der Waals surface area contributed by atoms with Gasteiger partial charge in [0.1, 0.15) is 5.82 Å². The molecule has 18 heavy (non-hydrogen) atoms. The Bertz CT molecular complexity index is 387. The van der Waals surface area contributed by atoms with Crippen LogP contribution in [0.5, 0.6) is 0 Å². The number of hydrogen-bond acceptors (Lipinski definition) is 5. The number of aliphatic hydroxyl groups is 1. The van der Waals surface area contributed by atoms with E-state index in [2.05, 4.69) is 24.0 Å². The summed E-state index contributed by atoms with van der Waals surface area (Å²) in [4.78, 5) is 0. The van der Waals surface area contributed by atoms with Gasteiger partial charge in [0.25, 0.3) is 0 Å². The molecule has 0 saturated carbocycles. The topological polar surface area (TPSA) is 77.0 Å². The molecule has 6 heteroatoms. The second kappa shape index (κ2) is 6.04. The van der Waals surface area contributed by atoms with Gasteiger partial charge in [0.2, 0.25) is 0 Å². The SMILES string of the molecule is CC(C)n1c(CN)nnc1SCC(C)(O)C(C)C. The standard InChI is InChI=1S/C12H24N4OS/c1-8(2)12(5,17)7-18-11-15-14-10(6-13)16(11)9(3)4/h8-9,17H,6-7,13H2,1-5H3. The highest BCUT2D eigenvalue weighted by molar-refractivity contribution is 7.99. The van der Waals surface area contributed by atoms with E-state index in [4.69, 9.17) is 5.73 Å². The first kappa shape index (κ1) is 15.5. The molecule has 1 unspecified atom stereocenters. The molecule has 0 aliphatic rings. The summed E-state index contributed by atoms with van der Waals surface area (Å²) < 4.78 is 2.03. The highest BCUT2D eigenvalue weighted by atomic mass is 32.2. The maximum absolute atomic E-state index is 10.2. The van der Waals surface area contributed by atoms with Crippen molar-refractivity contribution < 1.29 is 5.11 Å². The van der Waals surface area contributed by atoms with Crippen molar-refractivity contribution in [3.63, 3.8) is 0 Å². The fraction of sp³-hybridized carbons (Fsp3) is 0.833. The van der Waals surface area contributed by atoms with Gasteiger partial charge in [0, 0.05) is 11.8 Å². The zero-order valence-electron chi connectivity index (χ0n) is 11.8. The predicted molar refractivity (Wildman–Crippen MR) is 74.5 cm³/mol. The van der Waals surface area contributed by atoms with Crippen molar-refractivity contribution in [1.29, 1.82) is 0 Å². The molecule has 1 aromatic heterocycles. The first-order chi connectivity index (χ1) is 8.29. The molecule has 0 fully saturated rings. The fourth-order valence-electron chi connectivity index (χ4n) is 1.44. The molecule has 1 rings (SSSR count). The summed E-state index contributed by atoms with van der Waals surface area (Å²) >= 11 is 1.53. The van der Waals surface area contributed by atoms with E-state index in [1.807, 2.05) is 25.3 Å². The predicted octanol–water partition coefficient (Wildman–Crippen LogP) is 1.82. The monoisotopic (exact) mass is 272 g/mol. The smallest absolute Gasteiger partial charge is 0.191 e. The van der Waals surface area contributed by atoms with Gasteiger partial charge in [0.15, 0.2) is 5.16 Å². The molecule has 0 aliphatic heterocycles. The summed E-state index contributed by atoms with van der Waals surface area (Å²) in [6.45, 7) is 10.4. The molecule has 1 atom stereocenters. The molecule has 0 spiro atoms. The lowest BCUT2D eigenvalue weighted by Gasteiger charge is -2.27. The zero-order chi connectivity index (χ0) is 13.9. The Balaban J connectivity index is 2.83. The Kier molecular flexibility index (Phi) is 5.19. The Morgan fingerprint density at radius 1 is 1.33 bits per heavy atom. The summed E-state index contributed by atoms with van der Waals surface area (Å²) in [6.07, 6.45) is 0. The average Bonchev–Trinajstić information content (AvgIpc) is 2.69. The molecule has 0 radical (unpaired) electrons. The Morgan fingerprint density at radius 3 is 2.39 bits per heavy atom. The van der Waals surface area contributed by atoms with E-state index < -0.39 is 5.60 Å². The van der Waals surface area contributed by atoms with Crippen molar-refractivity contribution in [1.82, 2.24) is 14.8 Å². The number of hydrogen-bond donors (Lipinski definition) is 2. The maximum atomic E-state index is 10.2.